The molecular formula is C20H19BrN4O4S. The molecule has 2 N–H and O–H groups in total. The first-order valence-corrected chi connectivity index (χ1v) is 11.5. The topological polar surface area (TPSA) is 102 Å². The third-order valence-electron chi connectivity index (χ3n) is 4.57. The second-order valence-corrected chi connectivity index (χ2v) is 9.49. The van der Waals surface area contributed by atoms with E-state index in [4.69, 9.17) is 4.74 Å². The predicted octanol–water partition coefficient (Wildman–Crippen LogP) is 3.34. The lowest BCUT2D eigenvalue weighted by atomic mass is 10.2. The molecule has 1 saturated carbocycles. The molecule has 0 aliphatic heterocycles. The summed E-state index contributed by atoms with van der Waals surface area (Å²) in [4.78, 5) is 12.8. The van der Waals surface area contributed by atoms with Crippen molar-refractivity contribution in [2.24, 2.45) is 0 Å². The Hall–Kier alpha value is -2.69. The second-order valence-electron chi connectivity index (χ2n) is 6.86. The number of carbonyl (C=O) groups excluding carboxylic acids is 1. The molecule has 1 aromatic heterocycles. The van der Waals surface area contributed by atoms with E-state index in [1.165, 1.54) is 25.3 Å². The molecule has 8 nitrogen and oxygen atoms in total. The highest BCUT2D eigenvalue weighted by Gasteiger charge is 2.28. The Kier molecular flexibility index (Phi) is 5.63. The number of nitrogens with zero attached hydrogens (tertiary/aromatic N) is 2. The number of halogens is 1. The van der Waals surface area contributed by atoms with Crippen LogP contribution >= 0.6 is 15.9 Å². The highest BCUT2D eigenvalue weighted by Crippen LogP contribution is 2.29. The van der Waals surface area contributed by atoms with Crippen LogP contribution in [0, 0.1) is 0 Å². The first-order chi connectivity index (χ1) is 14.4. The van der Waals surface area contributed by atoms with E-state index >= 15 is 0 Å². The van der Waals surface area contributed by atoms with Crippen molar-refractivity contribution in [2.45, 2.75) is 23.8 Å². The van der Waals surface area contributed by atoms with E-state index < -0.39 is 10.0 Å². The fourth-order valence-electron chi connectivity index (χ4n) is 2.84. The van der Waals surface area contributed by atoms with Crippen molar-refractivity contribution in [1.82, 2.24) is 14.5 Å². The summed E-state index contributed by atoms with van der Waals surface area (Å²) in [7, 11) is -2.19. The van der Waals surface area contributed by atoms with Gasteiger partial charge in [-0.1, -0.05) is 0 Å². The maximum absolute atomic E-state index is 12.7. The summed E-state index contributed by atoms with van der Waals surface area (Å²) < 4.78 is 35.4. The van der Waals surface area contributed by atoms with Crippen molar-refractivity contribution in [3.05, 3.63) is 64.9 Å². The zero-order valence-electron chi connectivity index (χ0n) is 16.0. The number of methoxy groups -OCH3 is 1. The molecule has 0 spiro atoms. The van der Waals surface area contributed by atoms with E-state index in [2.05, 4.69) is 31.1 Å². The average molecular weight is 491 g/mol. The molecule has 156 valence electrons. The number of rotatable bonds is 7. The van der Waals surface area contributed by atoms with Gasteiger partial charge in [-0.3, -0.25) is 4.79 Å². The minimum absolute atomic E-state index is 0.0101. The Bertz CT molecular complexity index is 1190. The molecule has 10 heteroatoms. The van der Waals surface area contributed by atoms with Crippen molar-refractivity contribution < 1.29 is 17.9 Å². The third-order valence-corrected chi connectivity index (χ3v) is 6.50. The third kappa shape index (κ3) is 4.55. The van der Waals surface area contributed by atoms with Crippen LogP contribution in [0.3, 0.4) is 0 Å². The summed E-state index contributed by atoms with van der Waals surface area (Å²) in [5.41, 5.74) is 1.49. The minimum atomic E-state index is -3.65. The summed E-state index contributed by atoms with van der Waals surface area (Å²) in [6, 6.07) is 11.2. The van der Waals surface area contributed by atoms with Gasteiger partial charge in [-0.2, -0.15) is 5.10 Å². The summed E-state index contributed by atoms with van der Waals surface area (Å²) >= 11 is 3.35. The van der Waals surface area contributed by atoms with Gasteiger partial charge in [0.1, 0.15) is 5.75 Å². The van der Waals surface area contributed by atoms with E-state index in [9.17, 15) is 13.2 Å². The van der Waals surface area contributed by atoms with Crippen LogP contribution in [0.4, 0.5) is 5.69 Å². The first-order valence-electron chi connectivity index (χ1n) is 9.18. The molecule has 4 rings (SSSR count). The average Bonchev–Trinajstić information content (AvgIpc) is 3.43. The van der Waals surface area contributed by atoms with Crippen molar-refractivity contribution in [3.63, 3.8) is 0 Å². The lowest BCUT2D eigenvalue weighted by Crippen LogP contribution is -2.25. The van der Waals surface area contributed by atoms with Gasteiger partial charge < -0.3 is 10.1 Å². The molecule has 1 aliphatic carbocycles. The number of nitrogens with one attached hydrogen (secondary N) is 2. The molecule has 0 saturated heterocycles. The van der Waals surface area contributed by atoms with Crippen LogP contribution in [0.15, 0.2) is 64.2 Å². The summed E-state index contributed by atoms with van der Waals surface area (Å²) in [6.45, 7) is 0. The molecule has 0 unspecified atom stereocenters. The molecule has 1 amide bonds. The van der Waals surface area contributed by atoms with Gasteiger partial charge in [-0.25, -0.2) is 17.8 Å². The highest BCUT2D eigenvalue weighted by molar-refractivity contribution is 9.10. The second kappa shape index (κ2) is 8.21. The number of aromatic nitrogens is 2. The fourth-order valence-corrected chi connectivity index (χ4v) is 4.46. The van der Waals surface area contributed by atoms with E-state index in [0.717, 1.165) is 23.0 Å². The number of sulfonamides is 1. The lowest BCUT2D eigenvalue weighted by molar-refractivity contribution is 0.102. The van der Waals surface area contributed by atoms with Gasteiger partial charge in [0.2, 0.25) is 10.0 Å². The van der Waals surface area contributed by atoms with Gasteiger partial charge in [-0.15, -0.1) is 0 Å². The molecule has 1 fully saturated rings. The Labute approximate surface area is 182 Å². The summed E-state index contributed by atoms with van der Waals surface area (Å²) in [5.74, 6) is -0.0158. The molecule has 2 aromatic carbocycles. The molecule has 0 radical (unpaired) electrons. The van der Waals surface area contributed by atoms with Crippen LogP contribution in [0.2, 0.25) is 0 Å². The van der Waals surface area contributed by atoms with Gasteiger partial charge in [-0.05, 0) is 71.2 Å². The fraction of sp³-hybridized carbons (Fsp3) is 0.200. The molecule has 1 heterocycles. The maximum Gasteiger partial charge on any atom is 0.255 e. The van der Waals surface area contributed by atoms with Gasteiger partial charge in [0, 0.05) is 17.8 Å². The van der Waals surface area contributed by atoms with Crippen LogP contribution < -0.4 is 14.8 Å². The Balaban J connectivity index is 1.55. The summed E-state index contributed by atoms with van der Waals surface area (Å²) in [5, 5.41) is 6.93. The predicted molar refractivity (Wildman–Crippen MR) is 116 cm³/mol. The van der Waals surface area contributed by atoms with Crippen molar-refractivity contribution in [3.8, 4) is 11.4 Å². The van der Waals surface area contributed by atoms with Gasteiger partial charge in [0.25, 0.3) is 5.91 Å². The SMILES string of the molecule is COc1ccc(S(=O)(=O)NC2CC2)cc1NC(=O)c1ccc(-n2cc(Br)cn2)cc1. The maximum atomic E-state index is 12.7. The van der Waals surface area contributed by atoms with E-state index in [-0.39, 0.29) is 22.5 Å². The van der Waals surface area contributed by atoms with Crippen molar-refractivity contribution >= 4 is 37.5 Å². The van der Waals surface area contributed by atoms with Crippen LogP contribution in [0.25, 0.3) is 5.69 Å². The van der Waals surface area contributed by atoms with Crippen LogP contribution in [0.1, 0.15) is 23.2 Å². The Morgan fingerprint density at radius 2 is 1.93 bits per heavy atom. The largest absolute Gasteiger partial charge is 0.495 e. The standard InChI is InChI=1S/C20H19BrN4O4S/c1-29-19-9-8-17(30(27,28)24-15-4-5-15)10-18(19)23-20(26)13-2-6-16(7-3-13)25-12-14(21)11-22-25/h2-3,6-12,15,24H,4-5H2,1H3,(H,23,26). The highest BCUT2D eigenvalue weighted by atomic mass is 79.9. The van der Waals surface area contributed by atoms with Gasteiger partial charge in [0.15, 0.2) is 0 Å². The minimum Gasteiger partial charge on any atom is -0.495 e. The lowest BCUT2D eigenvalue weighted by Gasteiger charge is -2.13. The number of carbonyl (C=O) groups is 1. The van der Waals surface area contributed by atoms with Crippen LogP contribution in [-0.2, 0) is 10.0 Å². The molecular weight excluding hydrogens is 472 g/mol. The quantitative estimate of drug-likeness (QED) is 0.528. The number of anilines is 1. The molecule has 0 atom stereocenters. The molecule has 30 heavy (non-hydrogen) atoms. The molecule has 3 aromatic rings. The van der Waals surface area contributed by atoms with E-state index in [0.29, 0.717) is 11.3 Å². The molecule has 1 aliphatic rings. The summed E-state index contributed by atoms with van der Waals surface area (Å²) in [6.07, 6.45) is 5.16. The number of hydrogen-bond donors (Lipinski definition) is 2. The smallest absolute Gasteiger partial charge is 0.255 e. The van der Waals surface area contributed by atoms with Crippen molar-refractivity contribution in [2.75, 3.05) is 12.4 Å². The van der Waals surface area contributed by atoms with E-state index in [1.807, 2.05) is 6.20 Å². The number of benzene rings is 2. The normalized spacial score (nSPS) is 13.8. The first kappa shape index (κ1) is 20.6. The van der Waals surface area contributed by atoms with Crippen LogP contribution in [0.5, 0.6) is 5.75 Å². The number of amides is 1. The Morgan fingerprint density at radius 3 is 2.53 bits per heavy atom. The van der Waals surface area contributed by atoms with E-state index in [1.54, 1.807) is 35.1 Å². The number of hydrogen-bond acceptors (Lipinski definition) is 5. The Morgan fingerprint density at radius 1 is 1.20 bits per heavy atom. The van der Waals surface area contributed by atoms with Gasteiger partial charge >= 0.3 is 0 Å². The van der Waals surface area contributed by atoms with Crippen LogP contribution in [-0.4, -0.2) is 37.3 Å². The number of ether oxygens (including phenoxy) is 1. The van der Waals surface area contributed by atoms with Gasteiger partial charge in [0.05, 0.1) is 34.0 Å². The monoisotopic (exact) mass is 490 g/mol. The van der Waals surface area contributed by atoms with Crippen molar-refractivity contribution in [1.29, 1.82) is 0 Å². The molecule has 0 bridgehead atoms. The zero-order valence-corrected chi connectivity index (χ0v) is 18.4. The zero-order chi connectivity index (χ0) is 21.3.